The van der Waals surface area contributed by atoms with E-state index in [1.54, 1.807) is 0 Å². The molecule has 106 valence electrons. The predicted octanol–water partition coefficient (Wildman–Crippen LogP) is 2.44. The second-order valence-electron chi connectivity index (χ2n) is 5.65. The van der Waals surface area contributed by atoms with Gasteiger partial charge in [-0.25, -0.2) is 4.98 Å². The van der Waals surface area contributed by atoms with Crippen molar-refractivity contribution in [3.8, 4) is 0 Å². The van der Waals surface area contributed by atoms with Crippen LogP contribution in [0.5, 0.6) is 0 Å². The largest absolute Gasteiger partial charge is 0.444 e. The minimum atomic E-state index is 0.142. The quantitative estimate of drug-likeness (QED) is 0.922. The minimum Gasteiger partial charge on any atom is -0.444 e. The molecule has 2 aliphatic heterocycles. The highest BCUT2D eigenvalue weighted by Gasteiger charge is 2.40. The third-order valence-corrected chi connectivity index (χ3v) is 5.40. The topological polar surface area (TPSA) is 47.3 Å². The number of aromatic nitrogens is 1. The van der Waals surface area contributed by atoms with Crippen molar-refractivity contribution in [3.05, 3.63) is 17.3 Å². The van der Waals surface area contributed by atoms with Crippen LogP contribution >= 0.6 is 11.8 Å². The number of nitrogens with one attached hydrogen (secondary N) is 1. The van der Waals surface area contributed by atoms with Gasteiger partial charge in [-0.15, -0.1) is 0 Å². The average Bonchev–Trinajstić information content (AvgIpc) is 2.96. The molecule has 3 rings (SSSR count). The van der Waals surface area contributed by atoms with Gasteiger partial charge in [0.2, 0.25) is 5.89 Å². The smallest absolute Gasteiger partial charge is 0.208 e. The molecule has 19 heavy (non-hydrogen) atoms. The Morgan fingerprint density at radius 1 is 1.47 bits per heavy atom. The van der Waals surface area contributed by atoms with E-state index in [9.17, 15) is 0 Å². The van der Waals surface area contributed by atoms with Crippen LogP contribution in [0.4, 0.5) is 0 Å². The van der Waals surface area contributed by atoms with Crippen molar-refractivity contribution in [2.45, 2.75) is 51.3 Å². The Labute approximate surface area is 118 Å². The molecule has 3 heterocycles. The molecule has 4 nitrogen and oxygen atoms in total. The predicted molar refractivity (Wildman–Crippen MR) is 76.5 cm³/mol. The van der Waals surface area contributed by atoms with Gasteiger partial charge in [0.15, 0.2) is 0 Å². The van der Waals surface area contributed by atoms with E-state index in [1.807, 2.05) is 25.6 Å². The van der Waals surface area contributed by atoms with Crippen molar-refractivity contribution in [2.24, 2.45) is 0 Å². The van der Waals surface area contributed by atoms with E-state index in [0.717, 1.165) is 49.1 Å². The number of aryl methyl sites for hydroxylation is 2. The summed E-state index contributed by atoms with van der Waals surface area (Å²) in [6.45, 7) is 5.55. The number of oxazole rings is 1. The summed E-state index contributed by atoms with van der Waals surface area (Å²) in [4.78, 5) is 4.42. The summed E-state index contributed by atoms with van der Waals surface area (Å²) in [5.74, 6) is 4.12. The zero-order valence-electron chi connectivity index (χ0n) is 11.7. The van der Waals surface area contributed by atoms with Crippen molar-refractivity contribution in [1.29, 1.82) is 0 Å². The number of hydrogen-bond acceptors (Lipinski definition) is 5. The van der Waals surface area contributed by atoms with Gasteiger partial charge in [0.1, 0.15) is 5.76 Å². The first kappa shape index (κ1) is 13.5. The number of hydrogen-bond donors (Lipinski definition) is 1. The van der Waals surface area contributed by atoms with E-state index in [-0.39, 0.29) is 5.60 Å². The molecule has 1 aromatic heterocycles. The van der Waals surface area contributed by atoms with Crippen LogP contribution < -0.4 is 5.32 Å². The minimum absolute atomic E-state index is 0.142. The molecule has 5 heteroatoms. The first-order valence-corrected chi connectivity index (χ1v) is 8.20. The van der Waals surface area contributed by atoms with Crippen LogP contribution in [0.15, 0.2) is 4.42 Å². The Balaban J connectivity index is 1.55. The maximum absolute atomic E-state index is 6.03. The lowest BCUT2D eigenvalue weighted by atomic mass is 9.90. The number of nitrogens with zero attached hydrogens (tertiary/aromatic N) is 1. The van der Waals surface area contributed by atoms with Crippen LogP contribution in [0.2, 0.25) is 0 Å². The molecule has 2 fully saturated rings. The highest BCUT2D eigenvalue weighted by Crippen LogP contribution is 2.38. The molecule has 0 amide bonds. The summed E-state index contributed by atoms with van der Waals surface area (Å²) in [5, 5.41) is 3.58. The Morgan fingerprint density at radius 3 is 3.05 bits per heavy atom. The highest BCUT2D eigenvalue weighted by atomic mass is 32.2. The molecule has 1 N–H and O–H groups in total. The summed E-state index contributed by atoms with van der Waals surface area (Å²) in [6.07, 6.45) is 3.41. The van der Waals surface area contributed by atoms with Crippen LogP contribution in [0.3, 0.4) is 0 Å². The van der Waals surface area contributed by atoms with Gasteiger partial charge in [-0.05, 0) is 38.9 Å². The van der Waals surface area contributed by atoms with Crippen molar-refractivity contribution in [3.63, 3.8) is 0 Å². The molecule has 2 saturated heterocycles. The standard InChI is InChI=1S/C14H22N2O2S/c1-10-11(2)18-13(16-10)8-15-12-3-5-17-14(7-12)4-6-19-9-14/h12,15H,3-9H2,1-2H3. The molecule has 2 unspecified atom stereocenters. The maximum atomic E-state index is 6.03. The molecule has 2 aliphatic rings. The van der Waals surface area contributed by atoms with Gasteiger partial charge >= 0.3 is 0 Å². The first-order valence-electron chi connectivity index (χ1n) is 7.05. The lowest BCUT2D eigenvalue weighted by Gasteiger charge is -2.38. The van der Waals surface area contributed by atoms with E-state index in [4.69, 9.17) is 9.15 Å². The van der Waals surface area contributed by atoms with Crippen LogP contribution in [-0.2, 0) is 11.3 Å². The number of rotatable bonds is 3. The van der Waals surface area contributed by atoms with E-state index >= 15 is 0 Å². The van der Waals surface area contributed by atoms with E-state index < -0.39 is 0 Å². The van der Waals surface area contributed by atoms with Gasteiger partial charge in [0.05, 0.1) is 17.8 Å². The molecular formula is C14H22N2O2S. The molecule has 1 aromatic rings. The Kier molecular flexibility index (Phi) is 3.87. The molecule has 0 radical (unpaired) electrons. The SMILES string of the molecule is Cc1nc(CNC2CCOC3(CCSC3)C2)oc1C. The van der Waals surface area contributed by atoms with Gasteiger partial charge in [0, 0.05) is 18.4 Å². The molecular weight excluding hydrogens is 260 g/mol. The van der Waals surface area contributed by atoms with E-state index in [2.05, 4.69) is 10.3 Å². The van der Waals surface area contributed by atoms with Crippen LogP contribution in [-0.4, -0.2) is 34.7 Å². The van der Waals surface area contributed by atoms with Crippen LogP contribution in [0.1, 0.15) is 36.6 Å². The Bertz CT molecular complexity index is 421. The molecule has 0 bridgehead atoms. The summed E-state index contributed by atoms with van der Waals surface area (Å²) < 4.78 is 11.6. The van der Waals surface area contributed by atoms with Gasteiger partial charge in [-0.1, -0.05) is 0 Å². The fourth-order valence-corrected chi connectivity index (χ4v) is 4.29. The fraction of sp³-hybridized carbons (Fsp3) is 0.786. The first-order chi connectivity index (χ1) is 9.17. The molecule has 0 aromatic carbocycles. The summed E-state index contributed by atoms with van der Waals surface area (Å²) in [7, 11) is 0. The van der Waals surface area contributed by atoms with Gasteiger partial charge in [-0.2, -0.15) is 11.8 Å². The van der Waals surface area contributed by atoms with Crippen molar-refractivity contribution < 1.29 is 9.15 Å². The average molecular weight is 282 g/mol. The summed E-state index contributed by atoms with van der Waals surface area (Å²) in [6, 6.07) is 0.528. The van der Waals surface area contributed by atoms with Gasteiger partial charge in [0.25, 0.3) is 0 Å². The molecule has 1 spiro atoms. The van der Waals surface area contributed by atoms with Gasteiger partial charge < -0.3 is 14.5 Å². The molecule has 0 aliphatic carbocycles. The van der Waals surface area contributed by atoms with Gasteiger partial charge in [-0.3, -0.25) is 0 Å². The lowest BCUT2D eigenvalue weighted by Crippen LogP contribution is -2.47. The molecule has 0 saturated carbocycles. The van der Waals surface area contributed by atoms with Crippen LogP contribution in [0.25, 0.3) is 0 Å². The van der Waals surface area contributed by atoms with Crippen LogP contribution in [0, 0.1) is 13.8 Å². The second kappa shape index (κ2) is 5.46. The lowest BCUT2D eigenvalue weighted by molar-refractivity contribution is -0.0705. The maximum Gasteiger partial charge on any atom is 0.208 e. The fourth-order valence-electron chi connectivity index (χ4n) is 2.91. The van der Waals surface area contributed by atoms with E-state index in [1.165, 1.54) is 12.2 Å². The van der Waals surface area contributed by atoms with E-state index in [0.29, 0.717) is 6.04 Å². The third kappa shape index (κ3) is 2.98. The second-order valence-corrected chi connectivity index (χ2v) is 6.76. The Hall–Kier alpha value is -0.520. The van der Waals surface area contributed by atoms with Crippen molar-refractivity contribution >= 4 is 11.8 Å². The summed E-state index contributed by atoms with van der Waals surface area (Å²) >= 11 is 2.02. The zero-order valence-corrected chi connectivity index (χ0v) is 12.5. The number of ether oxygens (including phenoxy) is 1. The molecule has 2 atom stereocenters. The highest BCUT2D eigenvalue weighted by molar-refractivity contribution is 7.99. The number of thioether (sulfide) groups is 1. The third-order valence-electron chi connectivity index (χ3n) is 4.17. The van der Waals surface area contributed by atoms with Crippen molar-refractivity contribution in [2.75, 3.05) is 18.1 Å². The Morgan fingerprint density at radius 2 is 2.37 bits per heavy atom. The normalized spacial score (nSPS) is 31.2. The monoisotopic (exact) mass is 282 g/mol. The van der Waals surface area contributed by atoms with Crippen molar-refractivity contribution in [1.82, 2.24) is 10.3 Å². The summed E-state index contributed by atoms with van der Waals surface area (Å²) in [5.41, 5.74) is 1.13. The zero-order chi connectivity index (χ0) is 13.3.